The zero-order valence-electron chi connectivity index (χ0n) is 25.9. The van der Waals surface area contributed by atoms with Gasteiger partial charge in [0.05, 0.1) is 16.6 Å². The van der Waals surface area contributed by atoms with E-state index in [1.807, 2.05) is 65.2 Å². The molecule has 46 heavy (non-hydrogen) atoms. The Labute approximate surface area is 280 Å². The Morgan fingerprint density at radius 2 is 1.41 bits per heavy atom. The summed E-state index contributed by atoms with van der Waals surface area (Å²) in [7, 11) is 0. The molecule has 0 aliphatic heterocycles. The predicted octanol–water partition coefficient (Wildman–Crippen LogP) is 9.11. The molecule has 5 aromatic carbocycles. The minimum atomic E-state index is -0.142. The monoisotopic (exact) mass is 782 g/mol. The smallest absolute Gasteiger partial charge is 0.163 e. The fraction of sp³-hybridized carbons (Fsp3) is 0.103. The average Bonchev–Trinajstić information content (AvgIpc) is 3.66. The summed E-state index contributed by atoms with van der Waals surface area (Å²) in [6.07, 6.45) is 1.60. The SMILES string of the molecule is CC(=O)/C(=C(/C)O)c1ccc2c(c1)c1ccccc1n2-c1ccccc1.Cc1cc2c3ccc[c-]c3n3ncnc3c2cc1C.[Pt]. The van der Waals surface area contributed by atoms with Crippen LogP contribution in [-0.4, -0.2) is 30.1 Å². The Hall–Kier alpha value is -5.06. The molecule has 8 rings (SSSR count). The second-order valence-corrected chi connectivity index (χ2v) is 11.3. The van der Waals surface area contributed by atoms with Crippen molar-refractivity contribution in [2.75, 3.05) is 0 Å². The first-order valence-electron chi connectivity index (χ1n) is 14.9. The van der Waals surface area contributed by atoms with E-state index >= 15 is 0 Å². The van der Waals surface area contributed by atoms with Crippen LogP contribution in [0.1, 0.15) is 30.5 Å². The van der Waals surface area contributed by atoms with Gasteiger partial charge in [-0.25, -0.2) is 9.50 Å². The molecule has 6 nitrogen and oxygen atoms in total. The number of hydrogen-bond acceptors (Lipinski definition) is 4. The molecule has 230 valence electrons. The minimum Gasteiger partial charge on any atom is -0.512 e. The summed E-state index contributed by atoms with van der Waals surface area (Å²) in [5, 5.41) is 20.0. The van der Waals surface area contributed by atoms with Crippen molar-refractivity contribution < 1.29 is 31.0 Å². The molecular weight excluding hydrogens is 752 g/mol. The number of aryl methyl sites for hydroxylation is 2. The van der Waals surface area contributed by atoms with Crippen molar-refractivity contribution >= 4 is 60.5 Å². The van der Waals surface area contributed by atoms with Crippen molar-refractivity contribution in [3.05, 3.63) is 138 Å². The minimum absolute atomic E-state index is 0. The number of rotatable bonds is 3. The molecule has 3 aromatic heterocycles. The van der Waals surface area contributed by atoms with Crippen LogP contribution in [0.4, 0.5) is 0 Å². The molecule has 3 heterocycles. The molecule has 0 saturated carbocycles. The number of aliphatic hydroxyl groups is 1. The third-order valence-corrected chi connectivity index (χ3v) is 8.45. The second-order valence-electron chi connectivity index (χ2n) is 11.3. The number of para-hydroxylation sites is 3. The van der Waals surface area contributed by atoms with E-state index in [9.17, 15) is 9.90 Å². The zero-order valence-corrected chi connectivity index (χ0v) is 28.1. The second kappa shape index (κ2) is 12.4. The topological polar surface area (TPSA) is 72.4 Å². The van der Waals surface area contributed by atoms with Crippen molar-refractivity contribution in [1.29, 1.82) is 0 Å². The fourth-order valence-corrected chi connectivity index (χ4v) is 6.28. The van der Waals surface area contributed by atoms with E-state index in [-0.39, 0.29) is 32.6 Å². The van der Waals surface area contributed by atoms with E-state index < -0.39 is 0 Å². The normalized spacial score (nSPS) is 11.8. The quantitative estimate of drug-likeness (QED) is 0.0841. The molecule has 7 heteroatoms. The van der Waals surface area contributed by atoms with Crippen LogP contribution in [0.5, 0.6) is 0 Å². The molecular formula is C39H31N4O2Pt-. The molecule has 0 amide bonds. The molecule has 0 aliphatic rings. The Balaban J connectivity index is 0.000000165. The number of ketones is 1. The number of fused-ring (bicyclic) bond motifs is 9. The Bertz CT molecular complexity index is 2450. The summed E-state index contributed by atoms with van der Waals surface area (Å²) in [4.78, 5) is 16.4. The molecule has 0 fully saturated rings. The third kappa shape index (κ3) is 5.19. The Kier molecular flexibility index (Phi) is 8.33. The molecule has 0 radical (unpaired) electrons. The maximum Gasteiger partial charge on any atom is 0.163 e. The number of benzene rings is 5. The van der Waals surface area contributed by atoms with E-state index in [0.717, 1.165) is 49.6 Å². The van der Waals surface area contributed by atoms with Gasteiger partial charge in [-0.2, -0.15) is 29.4 Å². The third-order valence-electron chi connectivity index (χ3n) is 8.45. The van der Waals surface area contributed by atoms with E-state index in [0.29, 0.717) is 5.57 Å². The zero-order chi connectivity index (χ0) is 31.2. The fourth-order valence-electron chi connectivity index (χ4n) is 6.28. The van der Waals surface area contributed by atoms with Gasteiger partial charge >= 0.3 is 0 Å². The standard InChI is InChI=1S/C23H19NO2.C16H12N3.Pt/c1-15(25)23(16(2)26)17-12-13-22-20(14-17)19-10-6-7-11-21(19)24(22)18-8-4-3-5-9-18;1-10-7-13-12-5-3-4-6-15(12)19-16(17-9-18-19)14(13)8-11(10)2;/h3-14,25H,1-2H3;3-5,7-9H,1-2H3;/q;-1;/b23-15+;;. The van der Waals surface area contributed by atoms with Crippen molar-refractivity contribution in [1.82, 2.24) is 19.2 Å². The maximum absolute atomic E-state index is 12.0. The van der Waals surface area contributed by atoms with Crippen LogP contribution >= 0.6 is 0 Å². The summed E-state index contributed by atoms with van der Waals surface area (Å²) < 4.78 is 4.09. The van der Waals surface area contributed by atoms with Gasteiger partial charge in [0.15, 0.2) is 11.4 Å². The first-order chi connectivity index (χ1) is 21.8. The molecule has 0 atom stereocenters. The van der Waals surface area contributed by atoms with Gasteiger partial charge < -0.3 is 9.67 Å². The molecule has 8 aromatic rings. The summed E-state index contributed by atoms with van der Waals surface area (Å²) in [5.41, 5.74) is 8.81. The average molecular weight is 783 g/mol. The number of aliphatic hydroxyl groups excluding tert-OH is 1. The van der Waals surface area contributed by atoms with Gasteiger partial charge in [-0.05, 0) is 86.3 Å². The van der Waals surface area contributed by atoms with Gasteiger partial charge in [-0.1, -0.05) is 53.9 Å². The number of carbonyl (C=O) groups excluding carboxylic acids is 1. The van der Waals surface area contributed by atoms with Crippen LogP contribution in [0.2, 0.25) is 0 Å². The Morgan fingerprint density at radius 1 is 0.739 bits per heavy atom. The number of aromatic nitrogens is 4. The van der Waals surface area contributed by atoms with Crippen molar-refractivity contribution in [2.24, 2.45) is 0 Å². The van der Waals surface area contributed by atoms with Crippen molar-refractivity contribution in [3.8, 4) is 5.69 Å². The summed E-state index contributed by atoms with van der Waals surface area (Å²) in [6, 6.07) is 38.1. The summed E-state index contributed by atoms with van der Waals surface area (Å²) in [6.45, 7) is 7.30. The molecule has 0 unspecified atom stereocenters. The predicted molar refractivity (Wildman–Crippen MR) is 183 cm³/mol. The first kappa shape index (κ1) is 30.9. The van der Waals surface area contributed by atoms with E-state index in [1.165, 1.54) is 28.8 Å². The number of allylic oxidation sites excluding steroid dienone is 2. The van der Waals surface area contributed by atoms with Gasteiger partial charge in [-0.15, -0.1) is 5.39 Å². The number of pyridine rings is 1. The number of hydrogen-bond donors (Lipinski definition) is 1. The van der Waals surface area contributed by atoms with E-state index in [4.69, 9.17) is 0 Å². The number of carbonyl (C=O) groups is 1. The molecule has 0 saturated heterocycles. The van der Waals surface area contributed by atoms with Crippen molar-refractivity contribution in [2.45, 2.75) is 27.7 Å². The van der Waals surface area contributed by atoms with Crippen LogP contribution in [-0.2, 0) is 25.9 Å². The molecule has 0 aliphatic carbocycles. The van der Waals surface area contributed by atoms with Gasteiger partial charge in [0.25, 0.3) is 0 Å². The van der Waals surface area contributed by atoms with E-state index in [2.05, 4.69) is 77.0 Å². The van der Waals surface area contributed by atoms with Gasteiger partial charge in [0, 0.05) is 42.9 Å². The van der Waals surface area contributed by atoms with Gasteiger partial charge in [0.2, 0.25) is 0 Å². The number of Topliss-reactive ketones (excluding diaryl/α,β-unsaturated/α-hetero) is 1. The van der Waals surface area contributed by atoms with Crippen LogP contribution in [0, 0.1) is 19.9 Å². The van der Waals surface area contributed by atoms with Crippen LogP contribution in [0.3, 0.4) is 0 Å². The Morgan fingerprint density at radius 3 is 2.15 bits per heavy atom. The van der Waals surface area contributed by atoms with Crippen LogP contribution < -0.4 is 0 Å². The molecule has 0 bridgehead atoms. The summed E-state index contributed by atoms with van der Waals surface area (Å²) in [5.74, 6) is -0.0974. The molecule has 0 spiro atoms. The van der Waals surface area contributed by atoms with E-state index in [1.54, 1.807) is 13.3 Å². The van der Waals surface area contributed by atoms with Crippen LogP contribution in [0.15, 0.2) is 115 Å². The van der Waals surface area contributed by atoms with Gasteiger partial charge in [-0.3, -0.25) is 4.79 Å². The summed E-state index contributed by atoms with van der Waals surface area (Å²) >= 11 is 0. The largest absolute Gasteiger partial charge is 0.512 e. The van der Waals surface area contributed by atoms with Gasteiger partial charge in [0.1, 0.15) is 12.1 Å². The van der Waals surface area contributed by atoms with Crippen molar-refractivity contribution in [3.63, 3.8) is 0 Å². The number of nitrogens with zero attached hydrogens (tertiary/aromatic N) is 4. The van der Waals surface area contributed by atoms with Crippen LogP contribution in [0.25, 0.3) is 60.4 Å². The first-order valence-corrected chi connectivity index (χ1v) is 14.9. The maximum atomic E-state index is 12.0. The molecule has 1 N–H and O–H groups in total.